The van der Waals surface area contributed by atoms with E-state index in [1.165, 1.54) is 0 Å². The van der Waals surface area contributed by atoms with Crippen molar-refractivity contribution in [1.29, 1.82) is 0 Å². The van der Waals surface area contributed by atoms with Crippen LogP contribution in [0.2, 0.25) is 5.02 Å². The van der Waals surface area contributed by atoms with Gasteiger partial charge in [-0.25, -0.2) is 0 Å². The zero-order chi connectivity index (χ0) is 13.1. The molecule has 0 saturated heterocycles. The molecule has 1 heterocycles. The molecule has 1 unspecified atom stereocenters. The number of alkyl halides is 1. The van der Waals surface area contributed by atoms with Gasteiger partial charge >= 0.3 is 6.01 Å². The second-order valence-corrected chi connectivity index (χ2v) is 5.05. The van der Waals surface area contributed by atoms with Crippen LogP contribution in [0.15, 0.2) is 28.7 Å². The van der Waals surface area contributed by atoms with Gasteiger partial charge in [0.15, 0.2) is 0 Å². The largest absolute Gasteiger partial charge is 0.406 e. The van der Waals surface area contributed by atoms with Gasteiger partial charge in [0, 0.05) is 18.6 Å². The number of halogens is 2. The second-order valence-electron chi connectivity index (χ2n) is 3.99. The molecule has 1 aromatic carbocycles. The molecule has 0 bridgehead atoms. The number of hydrogen-bond acceptors (Lipinski definition) is 4. The average molecular weight is 286 g/mol. The third kappa shape index (κ3) is 2.94. The van der Waals surface area contributed by atoms with E-state index in [2.05, 4.69) is 10.2 Å². The van der Waals surface area contributed by atoms with E-state index < -0.39 is 0 Å². The van der Waals surface area contributed by atoms with Crippen LogP contribution < -0.4 is 4.90 Å². The van der Waals surface area contributed by atoms with Gasteiger partial charge in [0.05, 0.1) is 0 Å². The van der Waals surface area contributed by atoms with Crippen molar-refractivity contribution in [2.24, 2.45) is 0 Å². The van der Waals surface area contributed by atoms with Crippen molar-refractivity contribution in [3.8, 4) is 0 Å². The van der Waals surface area contributed by atoms with E-state index >= 15 is 0 Å². The molecule has 1 aromatic heterocycles. The van der Waals surface area contributed by atoms with E-state index in [1.54, 1.807) is 6.92 Å². The van der Waals surface area contributed by atoms with Gasteiger partial charge in [0.25, 0.3) is 0 Å². The van der Waals surface area contributed by atoms with Crippen molar-refractivity contribution in [3.63, 3.8) is 0 Å². The summed E-state index contributed by atoms with van der Waals surface area (Å²) in [4.78, 5) is 1.83. The van der Waals surface area contributed by atoms with E-state index in [0.29, 0.717) is 18.5 Å². The maximum atomic E-state index is 6.10. The molecular weight excluding hydrogens is 273 g/mol. The summed E-state index contributed by atoms with van der Waals surface area (Å²) in [6.07, 6.45) is 0. The summed E-state index contributed by atoms with van der Waals surface area (Å²) >= 11 is 12.0. The van der Waals surface area contributed by atoms with Gasteiger partial charge in [-0.05, 0) is 18.6 Å². The minimum Gasteiger partial charge on any atom is -0.406 e. The predicted molar refractivity (Wildman–Crippen MR) is 72.1 cm³/mol. The maximum Gasteiger partial charge on any atom is 0.318 e. The number of rotatable bonds is 4. The fraction of sp³-hybridized carbons (Fsp3) is 0.333. The molecule has 18 heavy (non-hydrogen) atoms. The molecule has 0 aliphatic heterocycles. The highest BCUT2D eigenvalue weighted by molar-refractivity contribution is 6.31. The number of nitrogens with zero attached hydrogens (tertiary/aromatic N) is 3. The summed E-state index contributed by atoms with van der Waals surface area (Å²) in [6, 6.07) is 8.07. The SMILES string of the molecule is CC(Cl)c1nnc(N(C)Cc2ccccc2Cl)o1. The summed E-state index contributed by atoms with van der Waals surface area (Å²) in [7, 11) is 1.86. The Morgan fingerprint density at radius 1 is 1.33 bits per heavy atom. The van der Waals surface area contributed by atoms with Crippen LogP contribution in [0.1, 0.15) is 23.8 Å². The Morgan fingerprint density at radius 3 is 2.67 bits per heavy atom. The standard InChI is InChI=1S/C12H13Cl2N3O/c1-8(13)11-15-16-12(18-11)17(2)7-9-5-3-4-6-10(9)14/h3-6,8H,7H2,1-2H3. The first-order chi connectivity index (χ1) is 8.58. The lowest BCUT2D eigenvalue weighted by atomic mass is 10.2. The Balaban J connectivity index is 2.12. The molecule has 0 spiro atoms. The first-order valence-electron chi connectivity index (χ1n) is 5.50. The molecule has 0 N–H and O–H groups in total. The molecule has 0 amide bonds. The predicted octanol–water partition coefficient (Wildman–Crippen LogP) is 3.66. The van der Waals surface area contributed by atoms with Crippen LogP contribution in [0.5, 0.6) is 0 Å². The smallest absolute Gasteiger partial charge is 0.318 e. The van der Waals surface area contributed by atoms with Gasteiger partial charge < -0.3 is 9.32 Å². The zero-order valence-corrected chi connectivity index (χ0v) is 11.6. The monoisotopic (exact) mass is 285 g/mol. The molecule has 0 radical (unpaired) electrons. The van der Waals surface area contributed by atoms with Crippen molar-refractivity contribution >= 4 is 29.2 Å². The average Bonchev–Trinajstić information content (AvgIpc) is 2.81. The molecule has 4 nitrogen and oxygen atoms in total. The molecular formula is C12H13Cl2N3O. The number of aromatic nitrogens is 2. The molecule has 2 aromatic rings. The highest BCUT2D eigenvalue weighted by Gasteiger charge is 2.15. The number of anilines is 1. The normalized spacial score (nSPS) is 12.4. The fourth-order valence-corrected chi connectivity index (χ4v) is 1.77. The Bertz CT molecular complexity index is 528. The first kappa shape index (κ1) is 13.2. The van der Waals surface area contributed by atoms with Crippen LogP contribution in [0.3, 0.4) is 0 Å². The lowest BCUT2D eigenvalue weighted by Gasteiger charge is -2.14. The van der Waals surface area contributed by atoms with Crippen LogP contribution in [0.4, 0.5) is 6.01 Å². The molecule has 0 fully saturated rings. The van der Waals surface area contributed by atoms with Crippen LogP contribution in [-0.2, 0) is 6.54 Å². The molecule has 1 atom stereocenters. The Kier molecular flexibility index (Phi) is 4.09. The molecule has 0 aliphatic rings. The van der Waals surface area contributed by atoms with Crippen molar-refractivity contribution < 1.29 is 4.42 Å². The summed E-state index contributed by atoms with van der Waals surface area (Å²) in [5, 5.41) is 8.25. The molecule has 2 rings (SSSR count). The van der Waals surface area contributed by atoms with Gasteiger partial charge in [-0.2, -0.15) is 0 Å². The van der Waals surface area contributed by atoms with E-state index in [9.17, 15) is 0 Å². The number of hydrogen-bond donors (Lipinski definition) is 0. The van der Waals surface area contributed by atoms with Gasteiger partial charge in [-0.1, -0.05) is 34.9 Å². The van der Waals surface area contributed by atoms with Crippen LogP contribution in [0, 0.1) is 0 Å². The van der Waals surface area contributed by atoms with E-state index in [4.69, 9.17) is 27.6 Å². The summed E-state index contributed by atoms with van der Waals surface area (Å²) < 4.78 is 5.45. The highest BCUT2D eigenvalue weighted by atomic mass is 35.5. The van der Waals surface area contributed by atoms with E-state index in [1.807, 2.05) is 36.2 Å². The molecule has 0 aliphatic carbocycles. The highest BCUT2D eigenvalue weighted by Crippen LogP contribution is 2.23. The lowest BCUT2D eigenvalue weighted by Crippen LogP contribution is -2.16. The van der Waals surface area contributed by atoms with E-state index in [0.717, 1.165) is 10.6 Å². The zero-order valence-electron chi connectivity index (χ0n) is 10.1. The van der Waals surface area contributed by atoms with Crippen LogP contribution in [-0.4, -0.2) is 17.2 Å². The van der Waals surface area contributed by atoms with Crippen molar-refractivity contribution in [3.05, 3.63) is 40.7 Å². The minimum absolute atomic E-state index is 0.292. The Morgan fingerprint density at radius 2 is 2.06 bits per heavy atom. The van der Waals surface area contributed by atoms with Crippen molar-refractivity contribution in [1.82, 2.24) is 10.2 Å². The maximum absolute atomic E-state index is 6.10. The topological polar surface area (TPSA) is 42.2 Å². The summed E-state index contributed by atoms with van der Waals surface area (Å²) in [6.45, 7) is 2.38. The van der Waals surface area contributed by atoms with Gasteiger partial charge in [0.2, 0.25) is 5.89 Å². The van der Waals surface area contributed by atoms with Gasteiger partial charge in [0.1, 0.15) is 5.38 Å². The van der Waals surface area contributed by atoms with Crippen LogP contribution >= 0.6 is 23.2 Å². The molecule has 6 heteroatoms. The quantitative estimate of drug-likeness (QED) is 0.804. The second kappa shape index (κ2) is 5.59. The third-order valence-electron chi connectivity index (χ3n) is 2.46. The third-order valence-corrected chi connectivity index (χ3v) is 3.02. The first-order valence-corrected chi connectivity index (χ1v) is 6.31. The van der Waals surface area contributed by atoms with Gasteiger partial charge in [-0.15, -0.1) is 16.7 Å². The fourth-order valence-electron chi connectivity index (χ4n) is 1.49. The summed E-state index contributed by atoms with van der Waals surface area (Å²) in [5.41, 5.74) is 1.00. The van der Waals surface area contributed by atoms with Crippen LogP contribution in [0.25, 0.3) is 0 Å². The van der Waals surface area contributed by atoms with E-state index in [-0.39, 0.29) is 5.38 Å². The molecule has 0 saturated carbocycles. The lowest BCUT2D eigenvalue weighted by molar-refractivity contribution is 0.489. The van der Waals surface area contributed by atoms with Gasteiger partial charge in [-0.3, -0.25) is 0 Å². The molecule has 96 valence electrons. The Labute approximate surface area is 116 Å². The number of benzene rings is 1. The Hall–Kier alpha value is -1.26. The summed E-state index contributed by atoms with van der Waals surface area (Å²) in [5.74, 6) is 0.415. The van der Waals surface area contributed by atoms with Crippen molar-refractivity contribution in [2.45, 2.75) is 18.8 Å². The minimum atomic E-state index is -0.292. The van der Waals surface area contributed by atoms with Crippen molar-refractivity contribution in [2.75, 3.05) is 11.9 Å².